The molecule has 0 unspecified atom stereocenters. The molecule has 0 aliphatic rings. The summed E-state index contributed by atoms with van der Waals surface area (Å²) in [6.07, 6.45) is 3.92. The van der Waals surface area contributed by atoms with E-state index < -0.39 is 6.04 Å². The van der Waals surface area contributed by atoms with Gasteiger partial charge in [0.05, 0.1) is 18.3 Å². The molecule has 0 aliphatic carbocycles. The Hall–Kier alpha value is -3.72. The normalized spacial score (nSPS) is 11.7. The van der Waals surface area contributed by atoms with E-state index in [1.807, 2.05) is 59.8 Å². The second kappa shape index (κ2) is 9.40. The molecule has 0 saturated carbocycles. The number of carbonyl (C=O) groups excluding carboxylic acids is 1. The lowest BCUT2D eigenvalue weighted by Gasteiger charge is -2.27. The molecule has 1 amide bonds. The van der Waals surface area contributed by atoms with E-state index in [1.165, 1.54) is 18.4 Å². The van der Waals surface area contributed by atoms with E-state index in [0.29, 0.717) is 18.0 Å². The first kappa shape index (κ1) is 20.5. The Morgan fingerprint density at radius 2 is 2.10 bits per heavy atom. The van der Waals surface area contributed by atoms with Gasteiger partial charge in [0.15, 0.2) is 0 Å². The average molecular weight is 435 g/mol. The summed E-state index contributed by atoms with van der Waals surface area (Å²) in [5.74, 6) is 0.900. The lowest BCUT2D eigenvalue weighted by atomic mass is 10.0. The van der Waals surface area contributed by atoms with E-state index in [0.717, 1.165) is 22.6 Å². The monoisotopic (exact) mass is 434 g/mol. The van der Waals surface area contributed by atoms with Crippen LogP contribution >= 0.6 is 11.3 Å². The molecular weight excluding hydrogens is 412 g/mol. The van der Waals surface area contributed by atoms with Gasteiger partial charge < -0.3 is 15.0 Å². The number of pyridine rings is 1. The number of methoxy groups -OCH3 is 1. The van der Waals surface area contributed by atoms with Crippen LogP contribution in [0.3, 0.4) is 0 Å². The summed E-state index contributed by atoms with van der Waals surface area (Å²) in [6, 6.07) is 13.1. The van der Waals surface area contributed by atoms with Crippen LogP contribution in [0.4, 0.5) is 11.5 Å². The van der Waals surface area contributed by atoms with Crippen molar-refractivity contribution in [1.82, 2.24) is 20.2 Å². The number of aromatic amines is 1. The number of nitrogens with one attached hydrogen (secondary N) is 2. The molecule has 9 heteroatoms. The highest BCUT2D eigenvalue weighted by atomic mass is 32.1. The third-order valence-corrected chi connectivity index (χ3v) is 5.50. The minimum absolute atomic E-state index is 0.182. The van der Waals surface area contributed by atoms with Gasteiger partial charge >= 0.3 is 0 Å². The van der Waals surface area contributed by atoms with Crippen molar-refractivity contribution in [2.24, 2.45) is 0 Å². The number of hydrogen-bond donors (Lipinski definition) is 2. The molecule has 0 radical (unpaired) electrons. The number of amides is 1. The fourth-order valence-corrected chi connectivity index (χ4v) is 3.84. The molecule has 0 bridgehead atoms. The van der Waals surface area contributed by atoms with Gasteiger partial charge in [0.1, 0.15) is 17.5 Å². The second-order valence-electron chi connectivity index (χ2n) is 6.89. The first-order valence-corrected chi connectivity index (χ1v) is 10.6. The number of carbonyl (C=O) groups is 1. The zero-order valence-corrected chi connectivity index (χ0v) is 18.0. The molecule has 1 atom stereocenters. The van der Waals surface area contributed by atoms with E-state index in [9.17, 15) is 4.79 Å². The molecule has 0 aliphatic heterocycles. The van der Waals surface area contributed by atoms with Gasteiger partial charge in [-0.05, 0) is 17.7 Å². The fourth-order valence-electron chi connectivity index (χ4n) is 3.26. The number of rotatable bonds is 8. The third-order valence-electron chi connectivity index (χ3n) is 4.92. The summed E-state index contributed by atoms with van der Waals surface area (Å²) in [6.45, 7) is 0. The minimum Gasteiger partial charge on any atom is -0.480 e. The Bertz CT molecular complexity index is 1120. The van der Waals surface area contributed by atoms with Crippen molar-refractivity contribution in [3.63, 3.8) is 0 Å². The van der Waals surface area contributed by atoms with Crippen molar-refractivity contribution >= 4 is 28.7 Å². The van der Waals surface area contributed by atoms with Gasteiger partial charge in [-0.3, -0.25) is 9.89 Å². The van der Waals surface area contributed by atoms with Gasteiger partial charge in [-0.2, -0.15) is 5.10 Å². The molecule has 4 aromatic rings. The Kier molecular flexibility index (Phi) is 6.23. The van der Waals surface area contributed by atoms with Gasteiger partial charge in [-0.15, -0.1) is 11.3 Å². The van der Waals surface area contributed by atoms with E-state index in [1.54, 1.807) is 17.9 Å². The predicted octanol–water partition coefficient (Wildman–Crippen LogP) is 3.62. The number of ether oxygens (including phenoxy) is 1. The highest BCUT2D eigenvalue weighted by Gasteiger charge is 2.26. The molecule has 0 fully saturated rings. The predicted molar refractivity (Wildman–Crippen MR) is 121 cm³/mol. The maximum Gasteiger partial charge on any atom is 0.247 e. The maximum atomic E-state index is 13.4. The molecule has 8 nitrogen and oxygen atoms in total. The zero-order chi connectivity index (χ0) is 21.6. The Morgan fingerprint density at radius 3 is 2.77 bits per heavy atom. The van der Waals surface area contributed by atoms with Gasteiger partial charge in [-0.1, -0.05) is 30.3 Å². The fraction of sp³-hybridized carbons (Fsp3) is 0.182. The van der Waals surface area contributed by atoms with Crippen LogP contribution in [0.5, 0.6) is 5.88 Å². The first-order chi connectivity index (χ1) is 15.2. The summed E-state index contributed by atoms with van der Waals surface area (Å²) in [4.78, 5) is 24.0. The third kappa shape index (κ3) is 4.72. The van der Waals surface area contributed by atoms with Crippen LogP contribution in [0.1, 0.15) is 5.56 Å². The number of benzene rings is 1. The van der Waals surface area contributed by atoms with Crippen molar-refractivity contribution in [1.29, 1.82) is 0 Å². The molecule has 1 aromatic carbocycles. The molecule has 31 heavy (non-hydrogen) atoms. The SMILES string of the molecule is COc1ncc(-c2cc[nH]n2)cc1NC(=O)[C@H](Cc1ccccc1)N(C)c1cscn1. The molecule has 2 N–H and O–H groups in total. The molecule has 3 aromatic heterocycles. The first-order valence-electron chi connectivity index (χ1n) is 9.65. The van der Waals surface area contributed by atoms with Crippen LogP contribution in [-0.4, -0.2) is 46.3 Å². The van der Waals surface area contributed by atoms with Crippen molar-refractivity contribution in [2.45, 2.75) is 12.5 Å². The largest absolute Gasteiger partial charge is 0.480 e. The highest BCUT2D eigenvalue weighted by Crippen LogP contribution is 2.28. The van der Waals surface area contributed by atoms with Crippen LogP contribution in [0, 0.1) is 0 Å². The number of nitrogens with zero attached hydrogens (tertiary/aromatic N) is 4. The summed E-state index contributed by atoms with van der Waals surface area (Å²) in [5.41, 5.74) is 4.79. The summed E-state index contributed by atoms with van der Waals surface area (Å²) in [5, 5.41) is 11.9. The summed E-state index contributed by atoms with van der Waals surface area (Å²) in [7, 11) is 3.40. The number of hydrogen-bond acceptors (Lipinski definition) is 7. The number of aromatic nitrogens is 4. The van der Waals surface area contributed by atoms with Crippen LogP contribution in [0.15, 0.2) is 65.7 Å². The Balaban J connectivity index is 1.63. The smallest absolute Gasteiger partial charge is 0.247 e. The average Bonchev–Trinajstić information content (AvgIpc) is 3.52. The van der Waals surface area contributed by atoms with Crippen LogP contribution in [0.25, 0.3) is 11.3 Å². The second-order valence-corrected chi connectivity index (χ2v) is 7.61. The van der Waals surface area contributed by atoms with Gasteiger partial charge in [0.25, 0.3) is 0 Å². The lowest BCUT2D eigenvalue weighted by Crippen LogP contribution is -2.44. The molecule has 0 spiro atoms. The summed E-state index contributed by atoms with van der Waals surface area (Å²) >= 11 is 1.49. The Morgan fingerprint density at radius 1 is 1.26 bits per heavy atom. The number of thiazole rings is 1. The molecule has 3 heterocycles. The van der Waals surface area contributed by atoms with Crippen LogP contribution in [-0.2, 0) is 11.2 Å². The molecular formula is C22H22N6O2S. The maximum absolute atomic E-state index is 13.4. The van der Waals surface area contributed by atoms with Crippen molar-refractivity contribution in [3.05, 3.63) is 71.3 Å². The van der Waals surface area contributed by atoms with Crippen LogP contribution in [0.2, 0.25) is 0 Å². The van der Waals surface area contributed by atoms with E-state index in [2.05, 4.69) is 25.5 Å². The minimum atomic E-state index is -0.483. The van der Waals surface area contributed by atoms with Crippen molar-refractivity contribution < 1.29 is 9.53 Å². The quantitative estimate of drug-likeness (QED) is 0.440. The standard InChI is InChI=1S/C22H22N6O2S/c1-28(20-13-31-14-24-20)19(10-15-6-4-3-5-7-15)21(29)26-18-11-16(12-23-22(18)30-2)17-8-9-25-27-17/h3-9,11-14,19H,10H2,1-2H3,(H,25,27)(H,26,29)/t19-/m0/s1. The molecule has 158 valence electrons. The zero-order valence-electron chi connectivity index (χ0n) is 17.1. The summed E-state index contributed by atoms with van der Waals surface area (Å²) < 4.78 is 5.37. The van der Waals surface area contributed by atoms with E-state index in [-0.39, 0.29) is 5.91 Å². The highest BCUT2D eigenvalue weighted by molar-refractivity contribution is 7.07. The molecule has 0 saturated heterocycles. The number of likely N-dealkylation sites (N-methyl/N-ethyl adjacent to an activating group) is 1. The lowest BCUT2D eigenvalue weighted by molar-refractivity contribution is -0.117. The number of anilines is 2. The topological polar surface area (TPSA) is 96.0 Å². The Labute approximate surface area is 183 Å². The van der Waals surface area contributed by atoms with Crippen LogP contribution < -0.4 is 15.0 Å². The van der Waals surface area contributed by atoms with Gasteiger partial charge in [0.2, 0.25) is 11.8 Å². The molecule has 4 rings (SSSR count). The van der Waals surface area contributed by atoms with Crippen molar-refractivity contribution in [3.8, 4) is 17.1 Å². The van der Waals surface area contributed by atoms with E-state index in [4.69, 9.17) is 4.74 Å². The van der Waals surface area contributed by atoms with E-state index >= 15 is 0 Å². The van der Waals surface area contributed by atoms with Gasteiger partial charge in [0, 0.05) is 36.8 Å². The van der Waals surface area contributed by atoms with Gasteiger partial charge in [-0.25, -0.2) is 9.97 Å². The van der Waals surface area contributed by atoms with Crippen molar-refractivity contribution in [2.75, 3.05) is 24.4 Å². The number of H-pyrrole nitrogens is 1.